The van der Waals surface area contributed by atoms with Gasteiger partial charge < -0.3 is 10.1 Å². The summed E-state index contributed by atoms with van der Waals surface area (Å²) >= 11 is 0. The Labute approximate surface area is 200 Å². The van der Waals surface area contributed by atoms with Gasteiger partial charge >= 0.3 is 0 Å². The first-order valence-corrected chi connectivity index (χ1v) is 12.8. The molecule has 3 aromatic carbocycles. The number of nitrogens with zero attached hydrogens (tertiary/aromatic N) is 1. The zero-order chi connectivity index (χ0) is 24.0. The van der Waals surface area contributed by atoms with E-state index in [1.807, 2.05) is 24.3 Å². The summed E-state index contributed by atoms with van der Waals surface area (Å²) in [5, 5.41) is 3.05. The van der Waals surface area contributed by atoms with E-state index in [1.54, 1.807) is 49.6 Å². The summed E-state index contributed by atoms with van der Waals surface area (Å²) in [6.45, 7) is 2.49. The van der Waals surface area contributed by atoms with Crippen LogP contribution in [-0.4, -0.2) is 46.0 Å². The number of likely N-dealkylation sites (tertiary alicyclic amines) is 1. The van der Waals surface area contributed by atoms with Crippen LogP contribution in [0.25, 0.3) is 0 Å². The van der Waals surface area contributed by atoms with Gasteiger partial charge in [0.25, 0.3) is 15.9 Å². The maximum absolute atomic E-state index is 12.8. The van der Waals surface area contributed by atoms with Crippen molar-refractivity contribution in [3.8, 4) is 5.75 Å². The van der Waals surface area contributed by atoms with Gasteiger partial charge in [0, 0.05) is 17.8 Å². The summed E-state index contributed by atoms with van der Waals surface area (Å²) in [6, 6.07) is 22.6. The van der Waals surface area contributed by atoms with Crippen molar-refractivity contribution in [2.45, 2.75) is 23.8 Å². The number of methoxy groups -OCH3 is 1. The summed E-state index contributed by atoms with van der Waals surface area (Å²) in [6.07, 6.45) is 2.31. The Balaban J connectivity index is 1.41. The minimum absolute atomic E-state index is 0.0781. The van der Waals surface area contributed by atoms with Crippen LogP contribution in [0.5, 0.6) is 5.75 Å². The number of carbonyl (C=O) groups excluding carboxylic acids is 1. The van der Waals surface area contributed by atoms with E-state index in [0.29, 0.717) is 17.8 Å². The Kier molecular flexibility index (Phi) is 7.49. The van der Waals surface area contributed by atoms with Crippen molar-refractivity contribution in [1.82, 2.24) is 10.2 Å². The molecule has 1 unspecified atom stereocenters. The van der Waals surface area contributed by atoms with Crippen LogP contribution in [0.1, 0.15) is 34.8 Å². The minimum Gasteiger partial charge on any atom is -0.497 e. The lowest BCUT2D eigenvalue weighted by atomic mass is 10.0. The predicted octanol–water partition coefficient (Wildman–Crippen LogP) is 4.06. The molecule has 0 aliphatic carbocycles. The molecule has 8 heteroatoms. The van der Waals surface area contributed by atoms with Gasteiger partial charge in [-0.3, -0.25) is 14.4 Å². The SMILES string of the molecule is COc1ccc(C(CNC(=O)c2ccc(NS(=O)(=O)c3ccccc3)cc2)N2CCCC2)cc1. The molecular formula is C26H29N3O4S. The van der Waals surface area contributed by atoms with Crippen molar-refractivity contribution in [3.63, 3.8) is 0 Å². The Bertz CT molecular complexity index is 1190. The molecule has 0 aromatic heterocycles. The van der Waals surface area contributed by atoms with E-state index in [1.165, 1.54) is 12.1 Å². The number of benzene rings is 3. The molecule has 0 radical (unpaired) electrons. The Morgan fingerprint density at radius 2 is 1.59 bits per heavy atom. The predicted molar refractivity (Wildman–Crippen MR) is 133 cm³/mol. The van der Waals surface area contributed by atoms with Gasteiger partial charge in [-0.15, -0.1) is 0 Å². The molecule has 1 aliphatic rings. The number of anilines is 1. The first-order chi connectivity index (χ1) is 16.5. The first kappa shape index (κ1) is 23.8. The second-order valence-corrected chi connectivity index (χ2v) is 9.92. The summed E-state index contributed by atoms with van der Waals surface area (Å²) in [5.41, 5.74) is 2.00. The zero-order valence-electron chi connectivity index (χ0n) is 19.1. The van der Waals surface area contributed by atoms with Crippen molar-refractivity contribution in [3.05, 3.63) is 90.0 Å². The highest BCUT2D eigenvalue weighted by Gasteiger charge is 2.24. The first-order valence-electron chi connectivity index (χ1n) is 11.3. The number of ether oxygens (including phenoxy) is 1. The Hall–Kier alpha value is -3.36. The van der Waals surface area contributed by atoms with Crippen LogP contribution in [0.3, 0.4) is 0 Å². The lowest BCUT2D eigenvalue weighted by Gasteiger charge is -2.28. The third-order valence-electron chi connectivity index (χ3n) is 5.99. The van der Waals surface area contributed by atoms with Crippen LogP contribution in [0.4, 0.5) is 5.69 Å². The summed E-state index contributed by atoms with van der Waals surface area (Å²) in [4.78, 5) is 15.4. The molecule has 0 bridgehead atoms. The highest BCUT2D eigenvalue weighted by Crippen LogP contribution is 2.26. The molecule has 0 spiro atoms. The normalized spacial score (nSPS) is 15.0. The molecule has 4 rings (SSSR count). The molecule has 1 fully saturated rings. The molecule has 34 heavy (non-hydrogen) atoms. The standard InChI is InChI=1S/C26H29N3O4S/c1-33-23-15-11-20(12-16-23)25(29-17-5-6-18-29)19-27-26(30)21-9-13-22(14-10-21)28-34(31,32)24-7-3-2-4-8-24/h2-4,7-16,25,28H,5-6,17-19H2,1H3,(H,27,30). The van der Waals surface area contributed by atoms with E-state index in [-0.39, 0.29) is 16.8 Å². The van der Waals surface area contributed by atoms with Crippen molar-refractivity contribution >= 4 is 21.6 Å². The van der Waals surface area contributed by atoms with E-state index in [2.05, 4.69) is 14.9 Å². The van der Waals surface area contributed by atoms with E-state index in [9.17, 15) is 13.2 Å². The molecule has 3 aromatic rings. The highest BCUT2D eigenvalue weighted by atomic mass is 32.2. The minimum atomic E-state index is -3.68. The maximum atomic E-state index is 12.8. The van der Waals surface area contributed by atoms with E-state index in [4.69, 9.17) is 4.74 Å². The molecule has 1 saturated heterocycles. The monoisotopic (exact) mass is 479 g/mol. The molecule has 1 aliphatic heterocycles. The smallest absolute Gasteiger partial charge is 0.261 e. The molecule has 2 N–H and O–H groups in total. The van der Waals surface area contributed by atoms with Gasteiger partial charge in [-0.05, 0) is 80.0 Å². The van der Waals surface area contributed by atoms with E-state index in [0.717, 1.165) is 37.2 Å². The molecule has 1 heterocycles. The highest BCUT2D eigenvalue weighted by molar-refractivity contribution is 7.92. The van der Waals surface area contributed by atoms with Gasteiger partial charge in [0.15, 0.2) is 0 Å². The molecule has 7 nitrogen and oxygen atoms in total. The number of amides is 1. The number of rotatable bonds is 9. The Morgan fingerprint density at radius 1 is 0.941 bits per heavy atom. The van der Waals surface area contributed by atoms with Crippen molar-refractivity contribution < 1.29 is 17.9 Å². The molecule has 1 amide bonds. The van der Waals surface area contributed by atoms with Gasteiger partial charge in [0.2, 0.25) is 0 Å². The van der Waals surface area contributed by atoms with Gasteiger partial charge in [-0.2, -0.15) is 0 Å². The van der Waals surface area contributed by atoms with Crippen molar-refractivity contribution in [2.75, 3.05) is 31.5 Å². The second-order valence-electron chi connectivity index (χ2n) is 8.24. The van der Waals surface area contributed by atoms with Gasteiger partial charge in [-0.25, -0.2) is 8.42 Å². The molecule has 0 saturated carbocycles. The fourth-order valence-corrected chi connectivity index (χ4v) is 5.21. The van der Waals surface area contributed by atoms with Crippen molar-refractivity contribution in [1.29, 1.82) is 0 Å². The average molecular weight is 480 g/mol. The van der Waals surface area contributed by atoms with Crippen LogP contribution < -0.4 is 14.8 Å². The van der Waals surface area contributed by atoms with Crippen LogP contribution in [0.2, 0.25) is 0 Å². The van der Waals surface area contributed by atoms with Gasteiger partial charge in [-0.1, -0.05) is 30.3 Å². The van der Waals surface area contributed by atoms with Gasteiger partial charge in [0.05, 0.1) is 18.0 Å². The van der Waals surface area contributed by atoms with E-state index < -0.39 is 10.0 Å². The second kappa shape index (κ2) is 10.7. The van der Waals surface area contributed by atoms with Gasteiger partial charge in [0.1, 0.15) is 5.75 Å². The number of sulfonamides is 1. The zero-order valence-corrected chi connectivity index (χ0v) is 19.9. The molecular weight excluding hydrogens is 450 g/mol. The number of hydrogen-bond donors (Lipinski definition) is 2. The maximum Gasteiger partial charge on any atom is 0.261 e. The number of carbonyl (C=O) groups is 1. The largest absolute Gasteiger partial charge is 0.497 e. The number of hydrogen-bond acceptors (Lipinski definition) is 5. The number of nitrogens with one attached hydrogen (secondary N) is 2. The fourth-order valence-electron chi connectivity index (χ4n) is 4.13. The summed E-state index contributed by atoms with van der Waals surface area (Å²) in [5.74, 6) is 0.603. The molecule has 178 valence electrons. The lowest BCUT2D eigenvalue weighted by molar-refractivity contribution is 0.0938. The third-order valence-corrected chi connectivity index (χ3v) is 7.39. The van der Waals surface area contributed by atoms with Crippen LogP contribution >= 0.6 is 0 Å². The van der Waals surface area contributed by atoms with Crippen LogP contribution in [0.15, 0.2) is 83.8 Å². The summed E-state index contributed by atoms with van der Waals surface area (Å²) < 4.78 is 32.8. The van der Waals surface area contributed by atoms with E-state index >= 15 is 0 Å². The summed E-state index contributed by atoms with van der Waals surface area (Å²) in [7, 11) is -2.03. The van der Waals surface area contributed by atoms with Crippen LogP contribution in [0, 0.1) is 0 Å². The topological polar surface area (TPSA) is 87.7 Å². The quantitative estimate of drug-likeness (QED) is 0.483. The molecule has 1 atom stereocenters. The lowest BCUT2D eigenvalue weighted by Crippen LogP contribution is -2.36. The van der Waals surface area contributed by atoms with Crippen LogP contribution in [-0.2, 0) is 10.0 Å². The Morgan fingerprint density at radius 3 is 2.21 bits per heavy atom. The van der Waals surface area contributed by atoms with Crippen molar-refractivity contribution in [2.24, 2.45) is 0 Å². The average Bonchev–Trinajstić information content (AvgIpc) is 3.40. The fraction of sp³-hybridized carbons (Fsp3) is 0.269. The third kappa shape index (κ3) is 5.76.